The van der Waals surface area contributed by atoms with Crippen LogP contribution < -0.4 is 5.32 Å². The number of aromatic nitrogens is 4. The summed E-state index contributed by atoms with van der Waals surface area (Å²) in [6.07, 6.45) is 2.38. The Kier molecular flexibility index (Phi) is 5.52. The number of hydrogen-bond acceptors (Lipinski definition) is 7. The van der Waals surface area contributed by atoms with Crippen molar-refractivity contribution >= 4 is 34.1 Å². The van der Waals surface area contributed by atoms with Crippen LogP contribution >= 0.6 is 23.1 Å². The van der Waals surface area contributed by atoms with E-state index in [2.05, 4.69) is 20.5 Å². The van der Waals surface area contributed by atoms with Crippen LogP contribution in [0.25, 0.3) is 0 Å². The minimum atomic E-state index is -0.0851. The van der Waals surface area contributed by atoms with Gasteiger partial charge in [0.2, 0.25) is 5.91 Å². The Morgan fingerprint density at radius 1 is 1.42 bits per heavy atom. The predicted octanol–water partition coefficient (Wildman–Crippen LogP) is 2.57. The molecule has 7 nitrogen and oxygen atoms in total. The van der Waals surface area contributed by atoms with Crippen molar-refractivity contribution in [2.75, 3.05) is 17.7 Å². The number of carbonyl (C=O) groups excluding carboxylic acids is 1. The summed E-state index contributed by atoms with van der Waals surface area (Å²) in [4.78, 5) is 17.6. The number of nitrogens with one attached hydrogen (secondary N) is 1. The summed E-state index contributed by atoms with van der Waals surface area (Å²) in [6, 6.07) is 0. The van der Waals surface area contributed by atoms with Crippen molar-refractivity contribution in [2.45, 2.75) is 51.4 Å². The fraction of sp³-hybridized carbons (Fsp3) is 0.600. The van der Waals surface area contributed by atoms with E-state index in [1.807, 2.05) is 25.3 Å². The average molecular weight is 368 g/mol. The number of thiazole rings is 1. The normalized spacial score (nSPS) is 17.4. The van der Waals surface area contributed by atoms with Gasteiger partial charge in [-0.1, -0.05) is 11.8 Å². The van der Waals surface area contributed by atoms with Gasteiger partial charge in [0.1, 0.15) is 5.82 Å². The molecule has 3 rings (SSSR count). The number of carbonyl (C=O) groups is 1. The van der Waals surface area contributed by atoms with Crippen LogP contribution in [0.3, 0.4) is 0 Å². The van der Waals surface area contributed by atoms with Crippen LogP contribution in [-0.4, -0.2) is 44.1 Å². The summed E-state index contributed by atoms with van der Waals surface area (Å²) < 4.78 is 7.72. The van der Waals surface area contributed by atoms with Crippen LogP contribution in [0.1, 0.15) is 29.2 Å². The molecule has 0 aliphatic carbocycles. The van der Waals surface area contributed by atoms with Crippen molar-refractivity contribution < 1.29 is 9.53 Å². The molecule has 1 saturated heterocycles. The van der Waals surface area contributed by atoms with Gasteiger partial charge in [-0.05, 0) is 33.6 Å². The lowest BCUT2D eigenvalue weighted by Gasteiger charge is -2.13. The molecule has 1 amide bonds. The Hall–Kier alpha value is -1.45. The molecule has 1 aliphatic rings. The maximum absolute atomic E-state index is 12.1. The van der Waals surface area contributed by atoms with Gasteiger partial charge in [-0.25, -0.2) is 4.98 Å². The molecule has 1 N–H and O–H groups in total. The van der Waals surface area contributed by atoms with Crippen LogP contribution in [0, 0.1) is 20.8 Å². The van der Waals surface area contributed by atoms with Crippen LogP contribution in [0.15, 0.2) is 5.16 Å². The SMILES string of the molecule is Cc1nc(NC(=O)CSc2nnc(C)n2C[C@H]2CCCO2)sc1C. The second-order valence-corrected chi connectivity index (χ2v) is 7.92. The largest absolute Gasteiger partial charge is 0.376 e. The zero-order valence-electron chi connectivity index (χ0n) is 14.0. The summed E-state index contributed by atoms with van der Waals surface area (Å²) in [5.74, 6) is 1.04. The van der Waals surface area contributed by atoms with E-state index >= 15 is 0 Å². The van der Waals surface area contributed by atoms with Gasteiger partial charge in [-0.3, -0.25) is 4.79 Å². The summed E-state index contributed by atoms with van der Waals surface area (Å²) in [5.41, 5.74) is 0.954. The van der Waals surface area contributed by atoms with Crippen molar-refractivity contribution in [3.8, 4) is 0 Å². The molecule has 1 atom stereocenters. The van der Waals surface area contributed by atoms with Crippen molar-refractivity contribution in [2.24, 2.45) is 0 Å². The second kappa shape index (κ2) is 7.62. The van der Waals surface area contributed by atoms with Gasteiger partial charge in [0.15, 0.2) is 10.3 Å². The lowest BCUT2D eigenvalue weighted by atomic mass is 10.2. The fourth-order valence-electron chi connectivity index (χ4n) is 2.48. The Balaban J connectivity index is 1.56. The van der Waals surface area contributed by atoms with E-state index < -0.39 is 0 Å². The van der Waals surface area contributed by atoms with E-state index in [9.17, 15) is 4.79 Å². The van der Waals surface area contributed by atoms with E-state index in [0.717, 1.165) is 47.5 Å². The third kappa shape index (κ3) is 4.14. The van der Waals surface area contributed by atoms with Crippen molar-refractivity contribution in [3.05, 3.63) is 16.4 Å². The molecular weight excluding hydrogens is 346 g/mol. The number of amides is 1. The highest BCUT2D eigenvalue weighted by Gasteiger charge is 2.20. The number of hydrogen-bond donors (Lipinski definition) is 1. The predicted molar refractivity (Wildman–Crippen MR) is 94.7 cm³/mol. The Labute approximate surface area is 149 Å². The molecule has 0 spiro atoms. The second-order valence-electron chi connectivity index (χ2n) is 5.77. The highest BCUT2D eigenvalue weighted by Crippen LogP contribution is 2.23. The van der Waals surface area contributed by atoms with Gasteiger partial charge in [-0.2, -0.15) is 0 Å². The molecule has 1 aliphatic heterocycles. The number of anilines is 1. The van der Waals surface area contributed by atoms with E-state index in [-0.39, 0.29) is 17.8 Å². The molecule has 0 radical (unpaired) electrons. The van der Waals surface area contributed by atoms with Gasteiger partial charge < -0.3 is 14.6 Å². The lowest BCUT2D eigenvalue weighted by molar-refractivity contribution is -0.113. The Morgan fingerprint density at radius 2 is 2.25 bits per heavy atom. The molecule has 0 saturated carbocycles. The van der Waals surface area contributed by atoms with Crippen LogP contribution in [-0.2, 0) is 16.1 Å². The van der Waals surface area contributed by atoms with Crippen molar-refractivity contribution in [1.29, 1.82) is 0 Å². The molecule has 24 heavy (non-hydrogen) atoms. The molecule has 0 unspecified atom stereocenters. The zero-order valence-corrected chi connectivity index (χ0v) is 15.7. The van der Waals surface area contributed by atoms with Crippen molar-refractivity contribution in [3.63, 3.8) is 0 Å². The van der Waals surface area contributed by atoms with Gasteiger partial charge >= 0.3 is 0 Å². The van der Waals surface area contributed by atoms with Gasteiger partial charge in [0.25, 0.3) is 0 Å². The highest BCUT2D eigenvalue weighted by atomic mass is 32.2. The summed E-state index contributed by atoms with van der Waals surface area (Å²) in [6.45, 7) is 7.42. The lowest BCUT2D eigenvalue weighted by Crippen LogP contribution is -2.18. The van der Waals surface area contributed by atoms with Gasteiger partial charge in [0.05, 0.1) is 24.1 Å². The zero-order chi connectivity index (χ0) is 17.1. The molecule has 0 aromatic carbocycles. The first-order valence-corrected chi connectivity index (χ1v) is 9.71. The number of aryl methyl sites for hydroxylation is 3. The van der Waals surface area contributed by atoms with E-state index in [1.165, 1.54) is 23.1 Å². The third-order valence-corrected chi connectivity index (χ3v) is 5.87. The maximum Gasteiger partial charge on any atom is 0.236 e. The number of thioether (sulfide) groups is 1. The number of nitrogens with zero attached hydrogens (tertiary/aromatic N) is 4. The standard InChI is InChI=1S/C15H21N5O2S2/c1-9-10(2)24-14(16-9)17-13(21)8-23-15-19-18-11(3)20(15)7-12-5-4-6-22-12/h12H,4-8H2,1-3H3,(H,16,17,21)/t12-/m1/s1. The smallest absolute Gasteiger partial charge is 0.236 e. The maximum atomic E-state index is 12.1. The van der Waals surface area contributed by atoms with Gasteiger partial charge in [0, 0.05) is 11.5 Å². The first kappa shape index (κ1) is 17.4. The minimum Gasteiger partial charge on any atom is -0.376 e. The van der Waals surface area contributed by atoms with Crippen LogP contribution in [0.4, 0.5) is 5.13 Å². The van der Waals surface area contributed by atoms with Crippen molar-refractivity contribution in [1.82, 2.24) is 19.7 Å². The first-order chi connectivity index (χ1) is 11.5. The molecule has 3 heterocycles. The van der Waals surface area contributed by atoms with E-state index in [4.69, 9.17) is 4.74 Å². The summed E-state index contributed by atoms with van der Waals surface area (Å²) in [7, 11) is 0. The Bertz CT molecular complexity index is 702. The average Bonchev–Trinajstić information content (AvgIpc) is 3.23. The van der Waals surface area contributed by atoms with E-state index in [0.29, 0.717) is 5.13 Å². The monoisotopic (exact) mass is 367 g/mol. The fourth-order valence-corrected chi connectivity index (χ4v) is 4.11. The van der Waals surface area contributed by atoms with Crippen LogP contribution in [0.5, 0.6) is 0 Å². The summed E-state index contributed by atoms with van der Waals surface area (Å²) in [5, 5.41) is 12.6. The Morgan fingerprint density at radius 3 is 2.92 bits per heavy atom. The summed E-state index contributed by atoms with van der Waals surface area (Å²) >= 11 is 2.88. The molecule has 2 aromatic rings. The van der Waals surface area contributed by atoms with E-state index in [1.54, 1.807) is 0 Å². The molecule has 9 heteroatoms. The van der Waals surface area contributed by atoms with Gasteiger partial charge in [-0.15, -0.1) is 21.5 Å². The molecule has 130 valence electrons. The third-order valence-electron chi connectivity index (χ3n) is 3.92. The molecule has 0 bridgehead atoms. The number of ether oxygens (including phenoxy) is 1. The molecular formula is C15H21N5O2S2. The quantitative estimate of drug-likeness (QED) is 0.790. The van der Waals surface area contributed by atoms with Crippen LogP contribution in [0.2, 0.25) is 0 Å². The minimum absolute atomic E-state index is 0.0851. The molecule has 1 fully saturated rings. The topological polar surface area (TPSA) is 81.9 Å². The number of rotatable bonds is 6. The first-order valence-electron chi connectivity index (χ1n) is 7.91. The highest BCUT2D eigenvalue weighted by molar-refractivity contribution is 7.99. The molecule has 2 aromatic heterocycles.